The lowest BCUT2D eigenvalue weighted by Gasteiger charge is -2.38. The molecule has 2 N–H and O–H groups in total. The summed E-state index contributed by atoms with van der Waals surface area (Å²) in [5.74, 6) is -1.71. The summed E-state index contributed by atoms with van der Waals surface area (Å²) in [7, 11) is 0. The van der Waals surface area contributed by atoms with E-state index in [1.807, 2.05) is 42.2 Å². The number of nitrogens with zero attached hydrogens (tertiary/aromatic N) is 2. The third kappa shape index (κ3) is 6.19. The highest BCUT2D eigenvalue weighted by atomic mass is 32.1. The minimum atomic E-state index is -5.08. The van der Waals surface area contributed by atoms with Crippen LogP contribution in [0.25, 0.3) is 0 Å². The third-order valence-electron chi connectivity index (χ3n) is 5.31. The number of aryl methyl sites for hydroxylation is 1. The van der Waals surface area contributed by atoms with Crippen LogP contribution in [0.3, 0.4) is 0 Å². The fraction of sp³-hybridized carbons (Fsp3) is 0.476. The first-order valence-corrected chi connectivity index (χ1v) is 10.9. The van der Waals surface area contributed by atoms with Crippen molar-refractivity contribution < 1.29 is 32.6 Å². The average molecular weight is 472 g/mol. The van der Waals surface area contributed by atoms with Crippen molar-refractivity contribution in [2.45, 2.75) is 44.0 Å². The molecule has 0 aromatic carbocycles. The molecule has 1 amide bonds. The second kappa shape index (κ2) is 9.86. The van der Waals surface area contributed by atoms with E-state index in [0.29, 0.717) is 12.6 Å². The first-order chi connectivity index (χ1) is 15.1. The molecule has 2 fully saturated rings. The summed E-state index contributed by atoms with van der Waals surface area (Å²) in [5, 5.41) is 10.6. The molecule has 4 heterocycles. The van der Waals surface area contributed by atoms with E-state index in [9.17, 15) is 18.0 Å². The Morgan fingerprint density at radius 3 is 2.66 bits per heavy atom. The molecule has 0 bridgehead atoms. The van der Waals surface area contributed by atoms with E-state index in [-0.39, 0.29) is 11.5 Å². The maximum absolute atomic E-state index is 12.7. The number of carboxylic acids is 1. The average Bonchev–Trinajstić information content (AvgIpc) is 3.35. The molecule has 11 heteroatoms. The second-order valence-corrected chi connectivity index (χ2v) is 9.06. The van der Waals surface area contributed by atoms with Crippen molar-refractivity contribution in [3.8, 4) is 0 Å². The van der Waals surface area contributed by atoms with Crippen LogP contribution in [0.2, 0.25) is 0 Å². The number of thiophene rings is 1. The van der Waals surface area contributed by atoms with Crippen molar-refractivity contribution in [1.82, 2.24) is 9.88 Å². The molecule has 2 aromatic rings. The number of hydrogen-bond acceptors (Lipinski definition) is 6. The Labute approximate surface area is 187 Å². The smallest absolute Gasteiger partial charge is 0.475 e. The molecule has 0 radical (unpaired) electrons. The predicted octanol–water partition coefficient (Wildman–Crippen LogP) is 3.96. The lowest BCUT2D eigenvalue weighted by Crippen LogP contribution is -2.47. The quantitative estimate of drug-likeness (QED) is 0.704. The second-order valence-electron chi connectivity index (χ2n) is 7.77. The predicted molar refractivity (Wildman–Crippen MR) is 113 cm³/mol. The minimum Gasteiger partial charge on any atom is -0.475 e. The van der Waals surface area contributed by atoms with Crippen LogP contribution < -0.4 is 5.32 Å². The summed E-state index contributed by atoms with van der Waals surface area (Å²) in [6.45, 7) is 4.21. The Balaban J connectivity index is 0.000000360. The van der Waals surface area contributed by atoms with Gasteiger partial charge < -0.3 is 20.1 Å². The van der Waals surface area contributed by atoms with Gasteiger partial charge in [-0.1, -0.05) is 6.07 Å². The Hall–Kier alpha value is -2.66. The zero-order valence-electron chi connectivity index (χ0n) is 17.4. The van der Waals surface area contributed by atoms with Crippen LogP contribution in [0.4, 0.5) is 19.0 Å². The number of pyridine rings is 1. The van der Waals surface area contributed by atoms with Gasteiger partial charge in [-0.05, 0) is 50.5 Å². The maximum atomic E-state index is 12.7. The topological polar surface area (TPSA) is 91.8 Å². The van der Waals surface area contributed by atoms with Crippen molar-refractivity contribution in [3.05, 3.63) is 46.3 Å². The highest BCUT2D eigenvalue weighted by molar-refractivity contribution is 7.13. The van der Waals surface area contributed by atoms with Gasteiger partial charge >= 0.3 is 12.1 Å². The Morgan fingerprint density at radius 2 is 2.06 bits per heavy atom. The van der Waals surface area contributed by atoms with E-state index >= 15 is 0 Å². The minimum absolute atomic E-state index is 0.137. The highest BCUT2D eigenvalue weighted by Crippen LogP contribution is 2.36. The SMILES string of the molecule is Cc1ccc(C(=O)N2CC[C@@]3(C[C@H](Nc4ccccn4)CCO3)C2)s1.O=C(O)C(F)(F)F. The molecule has 2 aromatic heterocycles. The number of aliphatic carboxylic acids is 1. The first-order valence-electron chi connectivity index (χ1n) is 10.1. The molecule has 32 heavy (non-hydrogen) atoms. The van der Waals surface area contributed by atoms with Crippen LogP contribution in [0, 0.1) is 6.92 Å². The number of carbonyl (C=O) groups excluding carboxylic acids is 1. The fourth-order valence-electron chi connectivity index (χ4n) is 3.82. The van der Waals surface area contributed by atoms with Crippen molar-refractivity contribution in [2.24, 2.45) is 0 Å². The van der Waals surface area contributed by atoms with E-state index in [4.69, 9.17) is 14.6 Å². The molecule has 2 aliphatic heterocycles. The van der Waals surface area contributed by atoms with E-state index in [0.717, 1.165) is 43.1 Å². The van der Waals surface area contributed by atoms with Crippen LogP contribution in [0.15, 0.2) is 36.5 Å². The molecule has 0 unspecified atom stereocenters. The van der Waals surface area contributed by atoms with Gasteiger partial charge in [0.25, 0.3) is 5.91 Å². The molecule has 7 nitrogen and oxygen atoms in total. The van der Waals surface area contributed by atoms with Crippen molar-refractivity contribution >= 4 is 29.0 Å². The number of alkyl halides is 3. The van der Waals surface area contributed by atoms with Crippen molar-refractivity contribution in [2.75, 3.05) is 25.0 Å². The molecule has 174 valence electrons. The molecular formula is C21H24F3N3O4S. The Bertz CT molecular complexity index is 938. The molecule has 0 aliphatic carbocycles. The van der Waals surface area contributed by atoms with Crippen LogP contribution in [-0.2, 0) is 9.53 Å². The van der Waals surface area contributed by atoms with E-state index in [1.165, 1.54) is 4.88 Å². The van der Waals surface area contributed by atoms with Gasteiger partial charge in [0.15, 0.2) is 0 Å². The summed E-state index contributed by atoms with van der Waals surface area (Å²) >= 11 is 1.57. The number of ether oxygens (including phenoxy) is 1. The van der Waals surface area contributed by atoms with Gasteiger partial charge in [0, 0.05) is 30.3 Å². The van der Waals surface area contributed by atoms with Crippen LogP contribution >= 0.6 is 11.3 Å². The van der Waals surface area contributed by atoms with Gasteiger partial charge in [0.1, 0.15) is 5.82 Å². The van der Waals surface area contributed by atoms with Gasteiger partial charge in [-0.25, -0.2) is 9.78 Å². The normalized spacial score (nSPS) is 22.9. The number of amides is 1. The van der Waals surface area contributed by atoms with E-state index in [2.05, 4.69) is 10.3 Å². The summed E-state index contributed by atoms with van der Waals surface area (Å²) in [6, 6.07) is 10.2. The number of nitrogens with one attached hydrogen (secondary N) is 1. The van der Waals surface area contributed by atoms with Crippen LogP contribution in [0.5, 0.6) is 0 Å². The van der Waals surface area contributed by atoms with Gasteiger partial charge in [-0.3, -0.25) is 4.79 Å². The van der Waals surface area contributed by atoms with Crippen molar-refractivity contribution in [1.29, 1.82) is 0 Å². The molecule has 0 saturated carbocycles. The van der Waals surface area contributed by atoms with Gasteiger partial charge in [-0.2, -0.15) is 13.2 Å². The lowest BCUT2D eigenvalue weighted by molar-refractivity contribution is -0.192. The van der Waals surface area contributed by atoms with Crippen LogP contribution in [-0.4, -0.2) is 64.4 Å². The number of rotatable bonds is 3. The third-order valence-corrected chi connectivity index (χ3v) is 6.30. The summed E-state index contributed by atoms with van der Waals surface area (Å²) < 4.78 is 37.9. The zero-order valence-corrected chi connectivity index (χ0v) is 18.2. The number of likely N-dealkylation sites (tertiary alicyclic amines) is 1. The highest BCUT2D eigenvalue weighted by Gasteiger charge is 2.45. The number of anilines is 1. The Kier molecular flexibility index (Phi) is 7.40. The molecule has 1 spiro atoms. The number of carbonyl (C=O) groups is 2. The number of carboxylic acid groups (broad SMARTS) is 1. The standard InChI is InChI=1S/C19H23N3O2S.C2HF3O2/c1-14-5-6-16(25-14)18(23)22-10-8-19(13-22)12-15(7-11-24-19)21-17-4-2-3-9-20-17;3-2(4,5)1(6)7/h2-6,9,15H,7-8,10-13H2,1H3,(H,20,21);(H,6,7)/t15-,19-;/m1./s1. The lowest BCUT2D eigenvalue weighted by atomic mass is 9.89. The summed E-state index contributed by atoms with van der Waals surface area (Å²) in [4.78, 5) is 29.9. The maximum Gasteiger partial charge on any atom is 0.490 e. The van der Waals surface area contributed by atoms with E-state index < -0.39 is 12.1 Å². The van der Waals surface area contributed by atoms with Crippen molar-refractivity contribution in [3.63, 3.8) is 0 Å². The Morgan fingerprint density at radius 1 is 1.31 bits per heavy atom. The van der Waals surface area contributed by atoms with Gasteiger partial charge in [0.2, 0.25) is 0 Å². The first kappa shape index (κ1) is 24.0. The molecule has 4 rings (SSSR count). The summed E-state index contributed by atoms with van der Waals surface area (Å²) in [6.07, 6.45) is -0.493. The van der Waals surface area contributed by atoms with Crippen LogP contribution in [0.1, 0.15) is 33.8 Å². The number of halogens is 3. The van der Waals surface area contributed by atoms with Gasteiger partial charge in [0.05, 0.1) is 17.0 Å². The number of aromatic nitrogens is 1. The molecular weight excluding hydrogens is 447 g/mol. The number of hydrogen-bond donors (Lipinski definition) is 2. The summed E-state index contributed by atoms with van der Waals surface area (Å²) in [5.41, 5.74) is -0.216. The zero-order chi connectivity index (χ0) is 23.4. The van der Waals surface area contributed by atoms with Gasteiger partial charge in [-0.15, -0.1) is 11.3 Å². The molecule has 2 atom stereocenters. The largest absolute Gasteiger partial charge is 0.490 e. The monoisotopic (exact) mass is 471 g/mol. The molecule has 2 aliphatic rings. The molecule has 2 saturated heterocycles. The fourth-order valence-corrected chi connectivity index (χ4v) is 4.65. The van der Waals surface area contributed by atoms with E-state index in [1.54, 1.807) is 17.5 Å².